The van der Waals surface area contributed by atoms with Crippen LogP contribution in [0.4, 0.5) is 11.5 Å². The first kappa shape index (κ1) is 15.3. The van der Waals surface area contributed by atoms with Crippen LogP contribution in [0.3, 0.4) is 0 Å². The van der Waals surface area contributed by atoms with Crippen molar-refractivity contribution in [3.63, 3.8) is 0 Å². The Morgan fingerprint density at radius 2 is 2.16 bits per heavy atom. The summed E-state index contributed by atoms with van der Waals surface area (Å²) in [7, 11) is 1.83. The van der Waals surface area contributed by atoms with E-state index in [0.29, 0.717) is 30.6 Å². The van der Waals surface area contributed by atoms with E-state index in [2.05, 4.69) is 20.2 Å². The van der Waals surface area contributed by atoms with Crippen LogP contribution in [0.5, 0.6) is 0 Å². The lowest BCUT2D eigenvalue weighted by Crippen LogP contribution is -2.51. The van der Waals surface area contributed by atoms with Gasteiger partial charge in [0, 0.05) is 32.5 Å². The average molecular weight is 339 g/mol. The van der Waals surface area contributed by atoms with Crippen molar-refractivity contribution in [2.24, 2.45) is 7.05 Å². The molecule has 0 unspecified atom stereocenters. The van der Waals surface area contributed by atoms with E-state index in [1.807, 2.05) is 30.3 Å². The summed E-state index contributed by atoms with van der Waals surface area (Å²) in [5.74, 6) is 1.63. The average Bonchev–Trinajstić information content (AvgIpc) is 3.23. The first-order valence-electron chi connectivity index (χ1n) is 7.91. The van der Waals surface area contributed by atoms with Crippen LogP contribution in [0, 0.1) is 6.92 Å². The fraction of sp³-hybridized carbons (Fsp3) is 0.312. The normalized spacial score (nSPS) is 15.0. The predicted molar refractivity (Wildman–Crippen MR) is 90.0 cm³/mol. The van der Waals surface area contributed by atoms with E-state index in [1.54, 1.807) is 28.9 Å². The fourth-order valence-corrected chi connectivity index (χ4v) is 2.90. The van der Waals surface area contributed by atoms with Gasteiger partial charge in [-0.1, -0.05) is 5.16 Å². The summed E-state index contributed by atoms with van der Waals surface area (Å²) in [6.07, 6.45) is 5.22. The second-order valence-electron chi connectivity index (χ2n) is 5.86. The number of aromatic nitrogens is 5. The van der Waals surface area contributed by atoms with E-state index in [1.165, 1.54) is 0 Å². The number of hydrogen-bond acceptors (Lipinski definition) is 7. The highest BCUT2D eigenvalue weighted by atomic mass is 16.5. The van der Waals surface area contributed by atoms with Gasteiger partial charge in [-0.3, -0.25) is 9.48 Å². The van der Waals surface area contributed by atoms with Crippen LogP contribution in [0.25, 0.3) is 11.5 Å². The molecule has 0 bridgehead atoms. The van der Waals surface area contributed by atoms with Gasteiger partial charge < -0.3 is 14.3 Å². The van der Waals surface area contributed by atoms with Crippen molar-refractivity contribution in [2.75, 3.05) is 29.4 Å². The first-order valence-corrected chi connectivity index (χ1v) is 7.91. The number of pyridine rings is 1. The number of carbonyl (C=O) groups excluding carboxylic acids is 1. The lowest BCUT2D eigenvalue weighted by atomic mass is 10.2. The third-order valence-electron chi connectivity index (χ3n) is 4.07. The Morgan fingerprint density at radius 1 is 1.28 bits per heavy atom. The number of carbonyl (C=O) groups is 1. The molecule has 0 atom stereocenters. The number of aryl methyl sites for hydroxylation is 2. The van der Waals surface area contributed by atoms with Crippen LogP contribution < -0.4 is 9.80 Å². The van der Waals surface area contributed by atoms with Crippen LogP contribution >= 0.6 is 0 Å². The zero-order valence-electron chi connectivity index (χ0n) is 14.0. The summed E-state index contributed by atoms with van der Waals surface area (Å²) in [5, 5.41) is 7.96. The van der Waals surface area contributed by atoms with E-state index < -0.39 is 0 Å². The smallest absolute Gasteiger partial charge is 0.261 e. The lowest BCUT2D eigenvalue weighted by Gasteiger charge is -2.34. The molecule has 4 rings (SSSR count). The Balaban J connectivity index is 1.59. The van der Waals surface area contributed by atoms with Crippen LogP contribution in [0.2, 0.25) is 0 Å². The van der Waals surface area contributed by atoms with Gasteiger partial charge in [0.2, 0.25) is 5.91 Å². The molecule has 0 radical (unpaired) electrons. The van der Waals surface area contributed by atoms with E-state index in [0.717, 1.165) is 11.3 Å². The monoisotopic (exact) mass is 339 g/mol. The number of anilines is 2. The van der Waals surface area contributed by atoms with Crippen molar-refractivity contribution < 1.29 is 9.32 Å². The predicted octanol–water partition coefficient (Wildman–Crippen LogP) is 1.03. The molecule has 0 N–H and O–H groups in total. The molecule has 1 aliphatic heterocycles. The molecule has 1 amide bonds. The zero-order chi connectivity index (χ0) is 17.4. The van der Waals surface area contributed by atoms with Gasteiger partial charge in [-0.25, -0.2) is 4.98 Å². The molecule has 1 saturated heterocycles. The molecule has 1 fully saturated rings. The van der Waals surface area contributed by atoms with E-state index in [-0.39, 0.29) is 12.5 Å². The first-order chi connectivity index (χ1) is 12.1. The minimum atomic E-state index is -0.00226. The molecule has 1 aliphatic rings. The van der Waals surface area contributed by atoms with Crippen molar-refractivity contribution in [1.29, 1.82) is 0 Å². The van der Waals surface area contributed by atoms with Gasteiger partial charge in [-0.15, -0.1) is 0 Å². The summed E-state index contributed by atoms with van der Waals surface area (Å²) < 4.78 is 6.95. The molecule has 3 aromatic rings. The minimum absolute atomic E-state index is 0.00226. The molecular weight excluding hydrogens is 322 g/mol. The zero-order valence-corrected chi connectivity index (χ0v) is 14.0. The van der Waals surface area contributed by atoms with Crippen LogP contribution in [-0.4, -0.2) is 50.4 Å². The maximum Gasteiger partial charge on any atom is 0.261 e. The highest BCUT2D eigenvalue weighted by Gasteiger charge is 2.28. The van der Waals surface area contributed by atoms with Gasteiger partial charge in [0.1, 0.15) is 5.82 Å². The van der Waals surface area contributed by atoms with Crippen molar-refractivity contribution >= 4 is 17.4 Å². The standard InChI is InChI=1S/C16H17N7O2/c1-11-19-16(25-20-11)13-4-3-5-17-15(13)22-6-7-23(14(24)10-22)12-8-18-21(2)9-12/h3-5,8-9H,6-7,10H2,1-2H3. The Morgan fingerprint density at radius 3 is 2.84 bits per heavy atom. The maximum atomic E-state index is 12.6. The molecule has 0 aliphatic carbocycles. The maximum absolute atomic E-state index is 12.6. The second-order valence-corrected chi connectivity index (χ2v) is 5.86. The van der Waals surface area contributed by atoms with Crippen molar-refractivity contribution in [3.05, 3.63) is 36.5 Å². The van der Waals surface area contributed by atoms with Crippen LogP contribution in [0.1, 0.15) is 5.82 Å². The van der Waals surface area contributed by atoms with Gasteiger partial charge in [0.25, 0.3) is 5.89 Å². The van der Waals surface area contributed by atoms with Gasteiger partial charge >= 0.3 is 0 Å². The fourth-order valence-electron chi connectivity index (χ4n) is 2.90. The second kappa shape index (κ2) is 6.00. The van der Waals surface area contributed by atoms with Gasteiger partial charge in [-0.2, -0.15) is 10.1 Å². The van der Waals surface area contributed by atoms with Crippen molar-refractivity contribution in [1.82, 2.24) is 24.9 Å². The van der Waals surface area contributed by atoms with Gasteiger partial charge in [-0.05, 0) is 19.1 Å². The van der Waals surface area contributed by atoms with Crippen molar-refractivity contribution in [3.8, 4) is 11.5 Å². The molecule has 4 heterocycles. The number of amides is 1. The summed E-state index contributed by atoms with van der Waals surface area (Å²) in [6.45, 7) is 3.20. The summed E-state index contributed by atoms with van der Waals surface area (Å²) in [5.41, 5.74) is 1.53. The van der Waals surface area contributed by atoms with E-state index in [9.17, 15) is 4.79 Å². The Labute approximate surface area is 143 Å². The molecule has 3 aromatic heterocycles. The Kier molecular flexibility index (Phi) is 3.68. The molecule has 0 aromatic carbocycles. The van der Waals surface area contributed by atoms with Crippen LogP contribution in [0.15, 0.2) is 35.2 Å². The van der Waals surface area contributed by atoms with Crippen LogP contribution in [-0.2, 0) is 11.8 Å². The number of piperazine rings is 1. The minimum Gasteiger partial charge on any atom is -0.345 e. The highest BCUT2D eigenvalue weighted by molar-refractivity contribution is 5.97. The van der Waals surface area contributed by atoms with E-state index >= 15 is 0 Å². The van der Waals surface area contributed by atoms with Gasteiger partial charge in [0.05, 0.1) is 24.0 Å². The third kappa shape index (κ3) is 2.84. The molecular formula is C16H17N7O2. The van der Waals surface area contributed by atoms with E-state index in [4.69, 9.17) is 4.52 Å². The third-order valence-corrected chi connectivity index (χ3v) is 4.07. The number of rotatable bonds is 3. The molecule has 25 heavy (non-hydrogen) atoms. The lowest BCUT2D eigenvalue weighted by molar-refractivity contribution is -0.117. The SMILES string of the molecule is Cc1noc(-c2cccnc2N2CCN(c3cnn(C)c3)C(=O)C2)n1. The van der Waals surface area contributed by atoms with Gasteiger partial charge in [0.15, 0.2) is 5.82 Å². The molecule has 0 saturated carbocycles. The quantitative estimate of drug-likeness (QED) is 0.703. The molecule has 128 valence electrons. The number of hydrogen-bond donors (Lipinski definition) is 0. The Hall–Kier alpha value is -3.23. The largest absolute Gasteiger partial charge is 0.345 e. The van der Waals surface area contributed by atoms with Crippen molar-refractivity contribution in [2.45, 2.75) is 6.92 Å². The molecule has 9 heteroatoms. The molecule has 0 spiro atoms. The Bertz CT molecular complexity index is 917. The topological polar surface area (TPSA) is 93.2 Å². The highest BCUT2D eigenvalue weighted by Crippen LogP contribution is 2.29. The number of nitrogens with zero attached hydrogens (tertiary/aromatic N) is 7. The molecule has 9 nitrogen and oxygen atoms in total. The summed E-state index contributed by atoms with van der Waals surface area (Å²) >= 11 is 0. The summed E-state index contributed by atoms with van der Waals surface area (Å²) in [6, 6.07) is 3.68. The summed E-state index contributed by atoms with van der Waals surface area (Å²) in [4.78, 5) is 25.0.